The Bertz CT molecular complexity index is 1000. The molecule has 6 nitrogen and oxygen atoms in total. The number of aryl methyl sites for hydroxylation is 1. The molecule has 1 saturated heterocycles. The molecule has 0 unspecified atom stereocenters. The maximum atomic E-state index is 12.7. The highest BCUT2D eigenvalue weighted by atomic mass is 32.1. The second kappa shape index (κ2) is 7.21. The molecule has 1 N–H and O–H groups in total. The van der Waals surface area contributed by atoms with Crippen molar-refractivity contribution in [1.82, 2.24) is 0 Å². The number of benzene rings is 1. The third-order valence-corrected chi connectivity index (χ3v) is 6.49. The van der Waals surface area contributed by atoms with Gasteiger partial charge in [0.05, 0.1) is 11.3 Å². The number of carbonyl (C=O) groups is 3. The van der Waals surface area contributed by atoms with E-state index in [1.807, 2.05) is 0 Å². The zero-order valence-corrected chi connectivity index (χ0v) is 16.3. The summed E-state index contributed by atoms with van der Waals surface area (Å²) in [6.45, 7) is 2.18. The Morgan fingerprint density at radius 1 is 1.18 bits per heavy atom. The molecular formula is C21H19N3O3S. The van der Waals surface area contributed by atoms with Crippen LogP contribution in [0.1, 0.15) is 52.5 Å². The van der Waals surface area contributed by atoms with Gasteiger partial charge in [0.2, 0.25) is 11.8 Å². The smallest absolute Gasteiger partial charge is 0.256 e. The quantitative estimate of drug-likeness (QED) is 0.806. The first-order valence-corrected chi connectivity index (χ1v) is 10.1. The third-order valence-electron chi connectivity index (χ3n) is 5.29. The van der Waals surface area contributed by atoms with Gasteiger partial charge in [-0.15, -0.1) is 11.3 Å². The Balaban J connectivity index is 1.54. The number of thiophene rings is 1. The molecule has 3 amide bonds. The Morgan fingerprint density at radius 2 is 1.86 bits per heavy atom. The minimum absolute atomic E-state index is 0.222. The molecule has 0 bridgehead atoms. The van der Waals surface area contributed by atoms with E-state index in [2.05, 4.69) is 18.3 Å². The molecule has 2 aliphatic rings. The fourth-order valence-corrected chi connectivity index (χ4v) is 4.96. The van der Waals surface area contributed by atoms with Crippen LogP contribution in [0.15, 0.2) is 24.3 Å². The van der Waals surface area contributed by atoms with E-state index >= 15 is 0 Å². The monoisotopic (exact) mass is 393 g/mol. The van der Waals surface area contributed by atoms with Gasteiger partial charge in [-0.25, -0.2) is 0 Å². The Morgan fingerprint density at radius 3 is 2.50 bits per heavy atom. The SMILES string of the molecule is C[C@H]1CCc2sc(NC(=O)c3ccc(N4C(=O)CCC4=O)cc3)c(C#N)c2C1. The van der Waals surface area contributed by atoms with Gasteiger partial charge in [-0.2, -0.15) is 5.26 Å². The average molecular weight is 393 g/mol. The van der Waals surface area contributed by atoms with Crippen molar-refractivity contribution in [1.29, 1.82) is 5.26 Å². The van der Waals surface area contributed by atoms with Crippen LogP contribution in [0.25, 0.3) is 0 Å². The molecule has 0 spiro atoms. The van der Waals surface area contributed by atoms with E-state index in [4.69, 9.17) is 0 Å². The summed E-state index contributed by atoms with van der Waals surface area (Å²) in [5.74, 6) is -0.214. The van der Waals surface area contributed by atoms with Crippen LogP contribution in [-0.2, 0) is 22.4 Å². The van der Waals surface area contributed by atoms with Crippen LogP contribution in [0, 0.1) is 17.2 Å². The van der Waals surface area contributed by atoms with Gasteiger partial charge in [0.25, 0.3) is 5.91 Å². The number of nitrogens with one attached hydrogen (secondary N) is 1. The fraction of sp³-hybridized carbons (Fsp3) is 0.333. The van der Waals surface area contributed by atoms with Gasteiger partial charge in [-0.3, -0.25) is 19.3 Å². The summed E-state index contributed by atoms with van der Waals surface area (Å²) in [4.78, 5) is 38.7. The zero-order valence-electron chi connectivity index (χ0n) is 15.4. The summed E-state index contributed by atoms with van der Waals surface area (Å²) in [6, 6.07) is 8.63. The summed E-state index contributed by atoms with van der Waals surface area (Å²) in [6.07, 6.45) is 3.36. The maximum Gasteiger partial charge on any atom is 0.256 e. The van der Waals surface area contributed by atoms with Crippen LogP contribution in [0.4, 0.5) is 10.7 Å². The van der Waals surface area contributed by atoms with Crippen molar-refractivity contribution >= 4 is 39.7 Å². The Labute approximate surface area is 166 Å². The molecule has 4 rings (SSSR count). The third kappa shape index (κ3) is 3.20. The van der Waals surface area contributed by atoms with Crippen LogP contribution in [0.5, 0.6) is 0 Å². The number of imide groups is 1. The van der Waals surface area contributed by atoms with Gasteiger partial charge in [0.15, 0.2) is 0 Å². The van der Waals surface area contributed by atoms with E-state index in [0.717, 1.165) is 29.7 Å². The molecule has 7 heteroatoms. The molecule has 2 aromatic rings. The van der Waals surface area contributed by atoms with Crippen LogP contribution >= 0.6 is 11.3 Å². The minimum Gasteiger partial charge on any atom is -0.312 e. The molecule has 1 aliphatic carbocycles. The van der Waals surface area contributed by atoms with E-state index in [1.165, 1.54) is 16.2 Å². The van der Waals surface area contributed by atoms with Gasteiger partial charge < -0.3 is 5.32 Å². The van der Waals surface area contributed by atoms with E-state index in [9.17, 15) is 19.6 Å². The Kier molecular flexibility index (Phi) is 4.73. The number of nitrogens with zero attached hydrogens (tertiary/aromatic N) is 2. The first kappa shape index (κ1) is 18.4. The minimum atomic E-state index is -0.311. The van der Waals surface area contributed by atoms with Crippen LogP contribution in [0.2, 0.25) is 0 Å². The molecule has 1 aromatic carbocycles. The number of hydrogen-bond acceptors (Lipinski definition) is 5. The van der Waals surface area contributed by atoms with E-state index < -0.39 is 0 Å². The molecular weight excluding hydrogens is 374 g/mol. The number of carbonyl (C=O) groups excluding carboxylic acids is 3. The van der Waals surface area contributed by atoms with Crippen molar-refractivity contribution in [2.24, 2.45) is 5.92 Å². The Hall–Kier alpha value is -2.98. The number of hydrogen-bond donors (Lipinski definition) is 1. The summed E-state index contributed by atoms with van der Waals surface area (Å²) in [5.41, 5.74) is 2.53. The average Bonchev–Trinajstić information content (AvgIpc) is 3.20. The summed E-state index contributed by atoms with van der Waals surface area (Å²) < 4.78 is 0. The highest BCUT2D eigenvalue weighted by Gasteiger charge is 2.30. The first-order valence-electron chi connectivity index (χ1n) is 9.29. The lowest BCUT2D eigenvalue weighted by Crippen LogP contribution is -2.28. The number of amides is 3. The lowest BCUT2D eigenvalue weighted by Gasteiger charge is -2.17. The first-order chi connectivity index (χ1) is 13.5. The molecule has 28 heavy (non-hydrogen) atoms. The van der Waals surface area contributed by atoms with Crippen molar-refractivity contribution in [3.63, 3.8) is 0 Å². The molecule has 1 aliphatic heterocycles. The van der Waals surface area contributed by atoms with Gasteiger partial charge in [-0.05, 0) is 55.0 Å². The highest BCUT2D eigenvalue weighted by molar-refractivity contribution is 7.16. The van der Waals surface area contributed by atoms with Crippen molar-refractivity contribution in [2.75, 3.05) is 10.2 Å². The summed E-state index contributed by atoms with van der Waals surface area (Å²) >= 11 is 1.48. The van der Waals surface area contributed by atoms with Gasteiger partial charge in [0, 0.05) is 23.3 Å². The van der Waals surface area contributed by atoms with Gasteiger partial charge in [0.1, 0.15) is 11.1 Å². The largest absolute Gasteiger partial charge is 0.312 e. The maximum absolute atomic E-state index is 12.7. The predicted molar refractivity (Wildman–Crippen MR) is 106 cm³/mol. The normalized spacial score (nSPS) is 18.7. The van der Waals surface area contributed by atoms with Gasteiger partial charge >= 0.3 is 0 Å². The lowest BCUT2D eigenvalue weighted by atomic mass is 9.88. The standard InChI is InChI=1S/C21H19N3O3S/c1-12-2-7-17-15(10-12)16(11-22)21(28-17)23-20(27)13-3-5-14(6-4-13)24-18(25)8-9-19(24)26/h3-6,12H,2,7-10H2,1H3,(H,23,27)/t12-/m0/s1. The number of rotatable bonds is 3. The molecule has 0 radical (unpaired) electrons. The highest BCUT2D eigenvalue weighted by Crippen LogP contribution is 2.39. The lowest BCUT2D eigenvalue weighted by molar-refractivity contribution is -0.121. The molecule has 1 atom stereocenters. The number of anilines is 2. The van der Waals surface area contributed by atoms with Crippen LogP contribution in [0.3, 0.4) is 0 Å². The number of fused-ring (bicyclic) bond motifs is 1. The summed E-state index contributed by atoms with van der Waals surface area (Å²) in [5, 5.41) is 13.0. The second-order valence-electron chi connectivity index (χ2n) is 7.29. The van der Waals surface area contributed by atoms with E-state index in [0.29, 0.717) is 27.7 Å². The van der Waals surface area contributed by atoms with Crippen molar-refractivity contribution in [3.8, 4) is 6.07 Å². The molecule has 1 fully saturated rings. The molecule has 0 saturated carbocycles. The number of nitriles is 1. The molecule has 142 valence electrons. The van der Waals surface area contributed by atoms with Crippen LogP contribution in [-0.4, -0.2) is 17.7 Å². The molecule has 2 heterocycles. The zero-order chi connectivity index (χ0) is 19.8. The fourth-order valence-electron chi connectivity index (χ4n) is 3.77. The van der Waals surface area contributed by atoms with Gasteiger partial charge in [-0.1, -0.05) is 6.92 Å². The van der Waals surface area contributed by atoms with E-state index in [-0.39, 0.29) is 30.6 Å². The summed E-state index contributed by atoms with van der Waals surface area (Å²) in [7, 11) is 0. The predicted octanol–water partition coefficient (Wildman–Crippen LogP) is 3.65. The van der Waals surface area contributed by atoms with Crippen molar-refractivity contribution in [2.45, 2.75) is 39.0 Å². The van der Waals surface area contributed by atoms with E-state index in [1.54, 1.807) is 24.3 Å². The van der Waals surface area contributed by atoms with Crippen molar-refractivity contribution < 1.29 is 14.4 Å². The topological polar surface area (TPSA) is 90.3 Å². The molecule has 1 aromatic heterocycles. The van der Waals surface area contributed by atoms with Crippen LogP contribution < -0.4 is 10.2 Å². The van der Waals surface area contributed by atoms with Crippen molar-refractivity contribution in [3.05, 3.63) is 45.8 Å². The second-order valence-corrected chi connectivity index (χ2v) is 8.40.